The summed E-state index contributed by atoms with van der Waals surface area (Å²) in [6, 6.07) is 14.6. The zero-order chi connectivity index (χ0) is 22.9. The Balaban J connectivity index is 1.34. The van der Waals surface area contributed by atoms with Crippen LogP contribution >= 0.6 is 0 Å². The van der Waals surface area contributed by atoms with E-state index in [2.05, 4.69) is 17.5 Å². The molecule has 5 nitrogen and oxygen atoms in total. The van der Waals surface area contributed by atoms with E-state index in [9.17, 15) is 14.4 Å². The number of carbonyl (C=O) groups is 3. The lowest BCUT2D eigenvalue weighted by Crippen LogP contribution is -2.49. The number of nitrogens with zero attached hydrogens (tertiary/aromatic N) is 1. The van der Waals surface area contributed by atoms with Gasteiger partial charge in [0.2, 0.25) is 17.7 Å². The molecule has 3 fully saturated rings. The lowest BCUT2D eigenvalue weighted by molar-refractivity contribution is -0.146. The van der Waals surface area contributed by atoms with E-state index in [1.807, 2.05) is 62.4 Å². The number of carbonyl (C=O) groups excluding carboxylic acids is 3. The quantitative estimate of drug-likeness (QED) is 0.566. The Morgan fingerprint density at radius 3 is 2.09 bits per heavy atom. The smallest absolute Gasteiger partial charge is 0.248 e. The van der Waals surface area contributed by atoms with Gasteiger partial charge in [0.1, 0.15) is 6.04 Å². The Labute approximate surface area is 193 Å². The molecule has 1 saturated heterocycles. The number of aryl methyl sites for hydroxylation is 2. The average molecular weight is 441 g/mol. The molecule has 33 heavy (non-hydrogen) atoms. The Kier molecular flexibility index (Phi) is 4.58. The zero-order valence-corrected chi connectivity index (χ0v) is 18.9. The number of anilines is 1. The number of amides is 3. The van der Waals surface area contributed by atoms with Crippen LogP contribution in [0, 0.1) is 49.4 Å². The van der Waals surface area contributed by atoms with E-state index in [-0.39, 0.29) is 41.4 Å². The highest BCUT2D eigenvalue weighted by atomic mass is 16.2. The fraction of sp³-hybridized carbons (Fsp3) is 0.393. The number of imide groups is 1. The summed E-state index contributed by atoms with van der Waals surface area (Å²) in [6.45, 7) is 3.97. The summed E-state index contributed by atoms with van der Waals surface area (Å²) in [6.07, 6.45) is 5.76. The molecule has 5 aliphatic rings. The van der Waals surface area contributed by atoms with Gasteiger partial charge in [-0.25, -0.2) is 0 Å². The normalized spacial score (nSPS) is 31.9. The van der Waals surface area contributed by atoms with Crippen molar-refractivity contribution in [3.63, 3.8) is 0 Å². The van der Waals surface area contributed by atoms with Gasteiger partial charge in [-0.05, 0) is 72.8 Å². The van der Waals surface area contributed by atoms with Gasteiger partial charge in [-0.15, -0.1) is 0 Å². The number of hydrogen-bond donors (Lipinski definition) is 1. The lowest BCUT2D eigenvalue weighted by atomic mass is 9.63. The van der Waals surface area contributed by atoms with E-state index in [4.69, 9.17) is 0 Å². The molecular weight excluding hydrogens is 412 g/mol. The molecular formula is C28H28N2O3. The SMILES string of the molecule is Cc1cc(C)cc(NC(=O)[C@H](Cc2ccccc2)N2C(=O)[C@@H]3[C@@H]4C=C[C@H]([C@H]5C[C@H]45)[C@@H]3C2=O)c1. The van der Waals surface area contributed by atoms with Crippen molar-refractivity contribution < 1.29 is 14.4 Å². The minimum atomic E-state index is -0.866. The molecule has 1 N–H and O–H groups in total. The van der Waals surface area contributed by atoms with Crippen molar-refractivity contribution in [1.82, 2.24) is 4.90 Å². The van der Waals surface area contributed by atoms with Crippen LogP contribution in [0.1, 0.15) is 23.1 Å². The fourth-order valence-corrected chi connectivity index (χ4v) is 6.70. The van der Waals surface area contributed by atoms with Gasteiger partial charge in [0, 0.05) is 12.1 Å². The first-order chi connectivity index (χ1) is 15.9. The van der Waals surface area contributed by atoms with Gasteiger partial charge in [0.15, 0.2) is 0 Å². The van der Waals surface area contributed by atoms with Crippen molar-refractivity contribution in [1.29, 1.82) is 0 Å². The Morgan fingerprint density at radius 1 is 0.939 bits per heavy atom. The first-order valence-corrected chi connectivity index (χ1v) is 11.9. The van der Waals surface area contributed by atoms with Crippen LogP contribution in [0.4, 0.5) is 5.69 Å². The second-order valence-corrected chi connectivity index (χ2v) is 10.3. The maximum absolute atomic E-state index is 13.7. The number of likely N-dealkylation sites (tertiary alicyclic amines) is 1. The maximum Gasteiger partial charge on any atom is 0.248 e. The molecule has 0 aromatic heterocycles. The van der Waals surface area contributed by atoms with Gasteiger partial charge in [-0.3, -0.25) is 19.3 Å². The molecule has 3 amide bonds. The third kappa shape index (κ3) is 3.25. The molecule has 0 spiro atoms. The molecule has 1 aliphatic heterocycles. The van der Waals surface area contributed by atoms with Gasteiger partial charge in [-0.1, -0.05) is 48.6 Å². The van der Waals surface area contributed by atoms with Crippen molar-refractivity contribution in [3.05, 3.63) is 77.4 Å². The largest absolute Gasteiger partial charge is 0.324 e. The zero-order valence-electron chi connectivity index (χ0n) is 18.9. The van der Waals surface area contributed by atoms with E-state index in [1.54, 1.807) is 0 Å². The molecule has 2 saturated carbocycles. The maximum atomic E-state index is 13.7. The molecule has 2 aromatic carbocycles. The van der Waals surface area contributed by atoms with E-state index in [0.29, 0.717) is 23.9 Å². The monoisotopic (exact) mass is 440 g/mol. The first-order valence-electron chi connectivity index (χ1n) is 11.9. The third-order valence-corrected chi connectivity index (χ3v) is 8.07. The minimum absolute atomic E-state index is 0.145. The highest BCUT2D eigenvalue weighted by Crippen LogP contribution is 2.65. The van der Waals surface area contributed by atoms with E-state index in [0.717, 1.165) is 23.1 Å². The van der Waals surface area contributed by atoms with E-state index >= 15 is 0 Å². The molecule has 7 rings (SSSR count). The molecule has 2 bridgehead atoms. The summed E-state index contributed by atoms with van der Waals surface area (Å²) >= 11 is 0. The molecule has 7 atom stereocenters. The van der Waals surface area contributed by atoms with Crippen LogP contribution in [-0.2, 0) is 20.8 Å². The third-order valence-electron chi connectivity index (χ3n) is 8.07. The predicted molar refractivity (Wildman–Crippen MR) is 125 cm³/mol. The minimum Gasteiger partial charge on any atom is -0.324 e. The van der Waals surface area contributed by atoms with Crippen molar-refractivity contribution in [3.8, 4) is 0 Å². The molecule has 1 heterocycles. The highest BCUT2D eigenvalue weighted by Gasteiger charge is 2.67. The number of nitrogens with one attached hydrogen (secondary N) is 1. The summed E-state index contributed by atoms with van der Waals surface area (Å²) in [5.74, 6) is 0.126. The van der Waals surface area contributed by atoms with Crippen LogP contribution < -0.4 is 5.32 Å². The van der Waals surface area contributed by atoms with Crippen LogP contribution in [-0.4, -0.2) is 28.7 Å². The molecule has 5 heteroatoms. The average Bonchev–Trinajstić information content (AvgIpc) is 3.56. The molecule has 2 aromatic rings. The molecule has 168 valence electrons. The molecule has 0 unspecified atom stereocenters. The van der Waals surface area contributed by atoms with Gasteiger partial charge >= 0.3 is 0 Å². The Bertz CT molecular complexity index is 1130. The standard InChI is InChI=1S/C28H28N2O3/c1-15-10-16(2)12-18(11-15)29-26(31)23(13-17-6-4-3-5-7-17)30-27(32)24-19-8-9-20(22-14-21(19)22)25(24)28(30)33/h3-12,19-25H,13-14H2,1-2H3,(H,29,31)/t19-,20-,21-,22-,23+,24-,25+/m1/s1. The highest BCUT2D eigenvalue weighted by molar-refractivity contribution is 6.10. The van der Waals surface area contributed by atoms with Crippen LogP contribution in [0.15, 0.2) is 60.7 Å². The van der Waals surface area contributed by atoms with E-state index < -0.39 is 6.04 Å². The second kappa shape index (κ2) is 7.41. The van der Waals surface area contributed by atoms with Gasteiger partial charge in [0.05, 0.1) is 11.8 Å². The van der Waals surface area contributed by atoms with Crippen LogP contribution in [0.25, 0.3) is 0 Å². The lowest BCUT2D eigenvalue weighted by Gasteiger charge is -2.37. The summed E-state index contributed by atoms with van der Waals surface area (Å²) in [5, 5.41) is 3.00. The number of hydrogen-bond acceptors (Lipinski definition) is 3. The molecule has 0 radical (unpaired) electrons. The summed E-state index contributed by atoms with van der Waals surface area (Å²) in [7, 11) is 0. The molecule has 4 aliphatic carbocycles. The van der Waals surface area contributed by atoms with Crippen molar-refractivity contribution in [2.24, 2.45) is 35.5 Å². The van der Waals surface area contributed by atoms with Crippen molar-refractivity contribution in [2.45, 2.75) is 32.7 Å². The summed E-state index contributed by atoms with van der Waals surface area (Å²) < 4.78 is 0. The van der Waals surface area contributed by atoms with Crippen molar-refractivity contribution in [2.75, 3.05) is 5.32 Å². The fourth-order valence-electron chi connectivity index (χ4n) is 6.70. The van der Waals surface area contributed by atoms with Crippen LogP contribution in [0.2, 0.25) is 0 Å². The summed E-state index contributed by atoms with van der Waals surface area (Å²) in [5.41, 5.74) is 3.71. The van der Waals surface area contributed by atoms with Gasteiger partial charge in [0.25, 0.3) is 0 Å². The van der Waals surface area contributed by atoms with E-state index in [1.165, 1.54) is 4.90 Å². The number of allylic oxidation sites excluding steroid dienone is 2. The Hall–Kier alpha value is -3.21. The van der Waals surface area contributed by atoms with Gasteiger partial charge < -0.3 is 5.32 Å². The van der Waals surface area contributed by atoms with Crippen LogP contribution in [0.5, 0.6) is 0 Å². The summed E-state index contributed by atoms with van der Waals surface area (Å²) in [4.78, 5) is 42.3. The number of benzene rings is 2. The van der Waals surface area contributed by atoms with Crippen molar-refractivity contribution >= 4 is 23.4 Å². The van der Waals surface area contributed by atoms with Gasteiger partial charge in [-0.2, -0.15) is 0 Å². The van der Waals surface area contributed by atoms with Crippen LogP contribution in [0.3, 0.4) is 0 Å². The topological polar surface area (TPSA) is 66.5 Å². The second-order valence-electron chi connectivity index (χ2n) is 10.3. The predicted octanol–water partition coefficient (Wildman–Crippen LogP) is 3.91. The first kappa shape index (κ1) is 20.4. The number of rotatable bonds is 5. The Morgan fingerprint density at radius 2 is 1.52 bits per heavy atom.